The van der Waals surface area contributed by atoms with E-state index in [1.54, 1.807) is 0 Å². The van der Waals surface area contributed by atoms with Crippen molar-refractivity contribution in [1.29, 1.82) is 0 Å². The third-order valence-corrected chi connectivity index (χ3v) is 8.52. The van der Waals surface area contributed by atoms with Crippen molar-refractivity contribution in [2.45, 2.75) is 30.2 Å². The molecular weight excluding hydrogens is 396 g/mol. The van der Waals surface area contributed by atoms with Crippen molar-refractivity contribution >= 4 is 37.4 Å². The number of carbonyl (C=O) groups excluding carboxylic acids is 2. The van der Waals surface area contributed by atoms with E-state index in [2.05, 4.69) is 0 Å². The predicted octanol–water partition coefficient (Wildman–Crippen LogP) is 0.156. The summed E-state index contributed by atoms with van der Waals surface area (Å²) in [5, 5.41) is 0. The van der Waals surface area contributed by atoms with Crippen LogP contribution in [-0.4, -0.2) is 64.7 Å². The average Bonchev–Trinajstić information content (AvgIpc) is 3.15. The van der Waals surface area contributed by atoms with Crippen LogP contribution >= 0.6 is 0 Å². The van der Waals surface area contributed by atoms with Gasteiger partial charge in [-0.25, -0.2) is 16.8 Å². The zero-order valence-corrected chi connectivity index (χ0v) is 16.5. The quantitative estimate of drug-likeness (QED) is 0.627. The molecule has 0 bridgehead atoms. The van der Waals surface area contributed by atoms with Crippen molar-refractivity contribution in [2.75, 3.05) is 30.6 Å². The van der Waals surface area contributed by atoms with Gasteiger partial charge >= 0.3 is 0 Å². The number of rotatable bonds is 5. The zero-order valence-electron chi connectivity index (χ0n) is 14.9. The Bertz CT molecular complexity index is 986. The lowest BCUT2D eigenvalue weighted by molar-refractivity contribution is -0.121. The van der Waals surface area contributed by atoms with E-state index in [0.717, 1.165) is 9.21 Å². The minimum absolute atomic E-state index is 0.0468. The van der Waals surface area contributed by atoms with Crippen molar-refractivity contribution in [3.63, 3.8) is 0 Å². The number of methoxy groups -OCH3 is 1. The van der Waals surface area contributed by atoms with E-state index in [1.807, 2.05) is 0 Å². The SMILES string of the molecule is COc1ccc(N2C(=O)CCC2=O)cc1S(=O)(=O)N(C)C1CCS(=O)(=O)C1. The molecule has 2 aliphatic heterocycles. The molecule has 2 saturated heterocycles. The number of benzene rings is 1. The van der Waals surface area contributed by atoms with E-state index >= 15 is 0 Å². The van der Waals surface area contributed by atoms with Gasteiger partial charge in [0.25, 0.3) is 0 Å². The zero-order chi connectivity index (χ0) is 20.0. The molecule has 3 rings (SSSR count). The summed E-state index contributed by atoms with van der Waals surface area (Å²) >= 11 is 0. The van der Waals surface area contributed by atoms with Crippen molar-refractivity contribution in [1.82, 2.24) is 4.31 Å². The molecule has 2 amide bonds. The fraction of sp³-hybridized carbons (Fsp3) is 0.500. The van der Waals surface area contributed by atoms with Gasteiger partial charge in [0.2, 0.25) is 21.8 Å². The van der Waals surface area contributed by atoms with E-state index in [0.29, 0.717) is 0 Å². The number of hydrogen-bond donors (Lipinski definition) is 0. The van der Waals surface area contributed by atoms with Crippen LogP contribution < -0.4 is 9.64 Å². The summed E-state index contributed by atoms with van der Waals surface area (Å²) in [7, 11) is -4.75. The van der Waals surface area contributed by atoms with Crippen LogP contribution in [-0.2, 0) is 29.4 Å². The lowest BCUT2D eigenvalue weighted by atomic mass is 10.2. The Balaban J connectivity index is 2.02. The van der Waals surface area contributed by atoms with Gasteiger partial charge in [0.05, 0.1) is 24.3 Å². The molecule has 0 aliphatic carbocycles. The number of sulfone groups is 1. The molecule has 1 aromatic carbocycles. The van der Waals surface area contributed by atoms with Crippen LogP contribution in [0.15, 0.2) is 23.1 Å². The van der Waals surface area contributed by atoms with Crippen LogP contribution in [0.1, 0.15) is 19.3 Å². The molecule has 2 aliphatic rings. The first-order valence-corrected chi connectivity index (χ1v) is 11.6. The number of hydrogen-bond acceptors (Lipinski definition) is 7. The van der Waals surface area contributed by atoms with Crippen molar-refractivity contribution in [3.8, 4) is 5.75 Å². The summed E-state index contributed by atoms with van der Waals surface area (Å²) in [4.78, 5) is 24.7. The standard InChI is InChI=1S/C16H20N2O7S2/c1-17(12-7-8-26(21,22)10-12)27(23,24)14-9-11(3-4-13(14)25-2)18-15(19)5-6-16(18)20/h3-4,9,12H,5-8,10H2,1-2H3. The van der Waals surface area contributed by atoms with Gasteiger partial charge in [-0.05, 0) is 24.6 Å². The number of ether oxygens (including phenoxy) is 1. The Labute approximate surface area is 157 Å². The summed E-state index contributed by atoms with van der Waals surface area (Å²) in [6, 6.07) is 3.36. The molecule has 9 nitrogen and oxygen atoms in total. The molecule has 2 heterocycles. The molecule has 0 radical (unpaired) electrons. The summed E-state index contributed by atoms with van der Waals surface area (Å²) in [6.45, 7) is 0. The highest BCUT2D eigenvalue weighted by Gasteiger charge is 2.38. The monoisotopic (exact) mass is 416 g/mol. The highest BCUT2D eigenvalue weighted by atomic mass is 32.2. The fourth-order valence-electron chi connectivity index (χ4n) is 3.28. The lowest BCUT2D eigenvalue weighted by Gasteiger charge is -2.24. The first-order valence-electron chi connectivity index (χ1n) is 8.29. The van der Waals surface area contributed by atoms with Gasteiger partial charge in [-0.15, -0.1) is 0 Å². The molecule has 27 heavy (non-hydrogen) atoms. The molecule has 1 atom stereocenters. The van der Waals surface area contributed by atoms with Crippen molar-refractivity contribution in [3.05, 3.63) is 18.2 Å². The van der Waals surface area contributed by atoms with Crippen LogP contribution in [0.3, 0.4) is 0 Å². The van der Waals surface area contributed by atoms with E-state index < -0.39 is 37.7 Å². The second-order valence-electron chi connectivity index (χ2n) is 6.54. The molecule has 11 heteroatoms. The second-order valence-corrected chi connectivity index (χ2v) is 10.7. The molecule has 2 fully saturated rings. The number of carbonyl (C=O) groups is 2. The first kappa shape index (κ1) is 19.8. The van der Waals surface area contributed by atoms with Crippen molar-refractivity contribution < 1.29 is 31.2 Å². The van der Waals surface area contributed by atoms with E-state index in [-0.39, 0.29) is 47.1 Å². The summed E-state index contributed by atoms with van der Waals surface area (Å²) < 4.78 is 55.8. The predicted molar refractivity (Wildman–Crippen MR) is 96.7 cm³/mol. The summed E-state index contributed by atoms with van der Waals surface area (Å²) in [6.07, 6.45) is 0.364. The lowest BCUT2D eigenvalue weighted by Crippen LogP contribution is -2.38. The smallest absolute Gasteiger partial charge is 0.246 e. The fourth-order valence-corrected chi connectivity index (χ4v) is 6.71. The van der Waals surface area contributed by atoms with Gasteiger partial charge in [0.15, 0.2) is 9.84 Å². The van der Waals surface area contributed by atoms with Gasteiger partial charge in [-0.2, -0.15) is 4.31 Å². The van der Waals surface area contributed by atoms with Crippen LogP contribution in [0, 0.1) is 0 Å². The van der Waals surface area contributed by atoms with Gasteiger partial charge < -0.3 is 4.74 Å². The minimum Gasteiger partial charge on any atom is -0.495 e. The van der Waals surface area contributed by atoms with Gasteiger partial charge in [0.1, 0.15) is 10.6 Å². The van der Waals surface area contributed by atoms with Crippen LogP contribution in [0.25, 0.3) is 0 Å². The Hall–Kier alpha value is -1.98. The topological polar surface area (TPSA) is 118 Å². The maximum atomic E-state index is 13.1. The highest BCUT2D eigenvalue weighted by Crippen LogP contribution is 2.34. The van der Waals surface area contributed by atoms with Gasteiger partial charge in [-0.3, -0.25) is 14.5 Å². The second kappa shape index (κ2) is 6.88. The Morgan fingerprint density at radius 2 is 1.81 bits per heavy atom. The summed E-state index contributed by atoms with van der Waals surface area (Å²) in [5.41, 5.74) is 0.148. The maximum Gasteiger partial charge on any atom is 0.246 e. The molecule has 0 saturated carbocycles. The molecule has 1 unspecified atom stereocenters. The number of imide groups is 1. The Kier molecular flexibility index (Phi) is 5.04. The van der Waals surface area contributed by atoms with Gasteiger partial charge in [0, 0.05) is 25.9 Å². The Morgan fingerprint density at radius 1 is 1.19 bits per heavy atom. The largest absolute Gasteiger partial charge is 0.495 e. The normalized spacial score (nSPS) is 22.6. The maximum absolute atomic E-state index is 13.1. The molecule has 148 valence electrons. The first-order chi connectivity index (χ1) is 12.6. The molecule has 1 aromatic rings. The third kappa shape index (κ3) is 3.58. The van der Waals surface area contributed by atoms with Crippen LogP contribution in [0.5, 0.6) is 5.75 Å². The van der Waals surface area contributed by atoms with E-state index in [4.69, 9.17) is 4.74 Å². The number of amides is 2. The van der Waals surface area contributed by atoms with Crippen LogP contribution in [0.2, 0.25) is 0 Å². The van der Waals surface area contributed by atoms with E-state index in [9.17, 15) is 26.4 Å². The van der Waals surface area contributed by atoms with Crippen LogP contribution in [0.4, 0.5) is 5.69 Å². The Morgan fingerprint density at radius 3 is 2.33 bits per heavy atom. The minimum atomic E-state index is -4.11. The molecule has 0 aromatic heterocycles. The number of sulfonamides is 1. The highest BCUT2D eigenvalue weighted by molar-refractivity contribution is 7.92. The number of nitrogens with zero attached hydrogens (tertiary/aromatic N) is 2. The van der Waals surface area contributed by atoms with E-state index in [1.165, 1.54) is 32.4 Å². The summed E-state index contributed by atoms with van der Waals surface area (Å²) in [5.74, 6) is -1.06. The van der Waals surface area contributed by atoms with Gasteiger partial charge in [-0.1, -0.05) is 0 Å². The molecular formula is C16H20N2O7S2. The molecule has 0 N–H and O–H groups in total. The molecule has 0 spiro atoms. The van der Waals surface area contributed by atoms with Crippen molar-refractivity contribution in [2.24, 2.45) is 0 Å². The third-order valence-electron chi connectivity index (χ3n) is 4.84. The number of anilines is 1. The average molecular weight is 416 g/mol.